The van der Waals surface area contributed by atoms with Crippen molar-refractivity contribution < 1.29 is 4.79 Å². The number of carbonyl (C=O) groups excluding carboxylic acids is 1. The Morgan fingerprint density at radius 3 is 2.26 bits per heavy atom. The van der Waals surface area contributed by atoms with Gasteiger partial charge in [0, 0.05) is 11.8 Å². The molecule has 1 atom stereocenters. The Hall–Kier alpha value is -2.94. The van der Waals surface area contributed by atoms with Crippen LogP contribution in [-0.2, 0) is 0 Å². The number of benzene rings is 2. The minimum atomic E-state index is -0.465. The highest BCUT2D eigenvalue weighted by molar-refractivity contribution is 6.02. The second-order valence-corrected chi connectivity index (χ2v) is 5.44. The lowest BCUT2D eigenvalue weighted by atomic mass is 9.97. The molecule has 3 nitrogen and oxygen atoms in total. The molecule has 3 aromatic rings. The Balaban J connectivity index is 1.96. The summed E-state index contributed by atoms with van der Waals surface area (Å²) in [6, 6.07) is 22.5. The van der Waals surface area contributed by atoms with Crippen LogP contribution in [0.25, 0.3) is 0 Å². The first-order chi connectivity index (χ1) is 11.2. The van der Waals surface area contributed by atoms with Crippen molar-refractivity contribution in [3.8, 4) is 0 Å². The van der Waals surface area contributed by atoms with Gasteiger partial charge in [-0.25, -0.2) is 4.98 Å². The van der Waals surface area contributed by atoms with Crippen molar-refractivity contribution in [1.82, 2.24) is 4.98 Å². The number of aromatic nitrogens is 1. The van der Waals surface area contributed by atoms with Gasteiger partial charge in [-0.05, 0) is 30.2 Å². The second kappa shape index (κ2) is 6.88. The van der Waals surface area contributed by atoms with Crippen LogP contribution in [-0.4, -0.2) is 10.8 Å². The fourth-order valence-electron chi connectivity index (χ4n) is 2.48. The summed E-state index contributed by atoms with van der Waals surface area (Å²) in [4.78, 5) is 17.3. The Kier molecular flexibility index (Phi) is 4.48. The summed E-state index contributed by atoms with van der Waals surface area (Å²) in [6.45, 7) is 2.00. The molecule has 2 aromatic carbocycles. The number of Topliss-reactive ketones (excluding diaryl/α,β-unsaturated/α-hetero) is 1. The van der Waals surface area contributed by atoms with Crippen LogP contribution in [0.3, 0.4) is 0 Å². The van der Waals surface area contributed by atoms with E-state index < -0.39 is 6.04 Å². The molecule has 0 spiro atoms. The molecule has 0 aliphatic heterocycles. The number of aryl methyl sites for hydroxylation is 1. The highest BCUT2D eigenvalue weighted by Crippen LogP contribution is 2.23. The molecule has 0 saturated heterocycles. The lowest BCUT2D eigenvalue weighted by molar-refractivity contribution is 0.0969. The molecule has 0 amide bonds. The van der Waals surface area contributed by atoms with Gasteiger partial charge in [0.15, 0.2) is 5.78 Å². The van der Waals surface area contributed by atoms with Gasteiger partial charge >= 0.3 is 0 Å². The van der Waals surface area contributed by atoms with Crippen LogP contribution in [0, 0.1) is 6.92 Å². The Morgan fingerprint density at radius 1 is 0.957 bits per heavy atom. The van der Waals surface area contributed by atoms with E-state index in [2.05, 4.69) is 10.3 Å². The minimum absolute atomic E-state index is 0.0279. The number of nitrogens with one attached hydrogen (secondary N) is 1. The van der Waals surface area contributed by atoms with E-state index in [-0.39, 0.29) is 5.78 Å². The topological polar surface area (TPSA) is 42.0 Å². The van der Waals surface area contributed by atoms with Gasteiger partial charge in [0.25, 0.3) is 0 Å². The van der Waals surface area contributed by atoms with Gasteiger partial charge in [0.1, 0.15) is 11.9 Å². The molecule has 0 aliphatic rings. The summed E-state index contributed by atoms with van der Waals surface area (Å²) in [6.07, 6.45) is 1.74. The van der Waals surface area contributed by atoms with E-state index in [1.165, 1.54) is 0 Å². The largest absolute Gasteiger partial charge is 0.356 e. The van der Waals surface area contributed by atoms with Crippen molar-refractivity contribution in [2.24, 2.45) is 0 Å². The van der Waals surface area contributed by atoms with Crippen LogP contribution in [0.15, 0.2) is 79.0 Å². The maximum Gasteiger partial charge on any atom is 0.189 e. The zero-order valence-electron chi connectivity index (χ0n) is 12.9. The molecule has 0 aliphatic carbocycles. The van der Waals surface area contributed by atoms with Gasteiger partial charge in [-0.2, -0.15) is 0 Å². The maximum absolute atomic E-state index is 12.9. The summed E-state index contributed by atoms with van der Waals surface area (Å²) >= 11 is 0. The fraction of sp³-hybridized carbons (Fsp3) is 0.100. The second-order valence-electron chi connectivity index (χ2n) is 5.44. The standard InChI is InChI=1S/C20H18N2O/c1-15-12-13-21-18(14-15)22-19(16-8-4-2-5-9-16)20(23)17-10-6-3-7-11-17/h2-14,19H,1H3,(H,21,22). The van der Waals surface area contributed by atoms with Gasteiger partial charge in [-0.1, -0.05) is 60.7 Å². The number of hydrogen-bond acceptors (Lipinski definition) is 3. The van der Waals surface area contributed by atoms with Crippen LogP contribution in [0.2, 0.25) is 0 Å². The number of rotatable bonds is 5. The van der Waals surface area contributed by atoms with Crippen LogP contribution >= 0.6 is 0 Å². The van der Waals surface area contributed by atoms with E-state index in [9.17, 15) is 4.79 Å². The van der Waals surface area contributed by atoms with Gasteiger partial charge < -0.3 is 5.32 Å². The van der Waals surface area contributed by atoms with Crippen molar-refractivity contribution >= 4 is 11.6 Å². The normalized spacial score (nSPS) is 11.7. The van der Waals surface area contributed by atoms with Crippen LogP contribution < -0.4 is 5.32 Å². The summed E-state index contributed by atoms with van der Waals surface area (Å²) in [5.41, 5.74) is 2.70. The molecule has 1 unspecified atom stereocenters. The summed E-state index contributed by atoms with van der Waals surface area (Å²) < 4.78 is 0. The van der Waals surface area contributed by atoms with E-state index in [0.29, 0.717) is 11.4 Å². The zero-order chi connectivity index (χ0) is 16.1. The molecule has 114 valence electrons. The average Bonchev–Trinajstić information content (AvgIpc) is 2.61. The molecule has 1 aromatic heterocycles. The first-order valence-electron chi connectivity index (χ1n) is 7.57. The monoisotopic (exact) mass is 302 g/mol. The van der Waals surface area contributed by atoms with Crippen molar-refractivity contribution in [3.63, 3.8) is 0 Å². The molecule has 0 saturated carbocycles. The molecule has 0 fully saturated rings. The third-order valence-corrected chi connectivity index (χ3v) is 3.66. The van der Waals surface area contributed by atoms with Gasteiger partial charge in [0.05, 0.1) is 0 Å². The molecular weight excluding hydrogens is 284 g/mol. The van der Waals surface area contributed by atoms with Crippen molar-refractivity contribution in [3.05, 3.63) is 95.7 Å². The molecule has 0 radical (unpaired) electrons. The number of hydrogen-bond donors (Lipinski definition) is 1. The lowest BCUT2D eigenvalue weighted by Crippen LogP contribution is -2.21. The van der Waals surface area contributed by atoms with E-state index in [0.717, 1.165) is 11.1 Å². The highest BCUT2D eigenvalue weighted by atomic mass is 16.1. The predicted octanol–water partition coefficient (Wildman–Crippen LogP) is 4.43. The molecule has 1 N–H and O–H groups in total. The maximum atomic E-state index is 12.9. The first-order valence-corrected chi connectivity index (χ1v) is 7.57. The van der Waals surface area contributed by atoms with Crippen molar-refractivity contribution in [1.29, 1.82) is 0 Å². The molecule has 1 heterocycles. The molecule has 23 heavy (non-hydrogen) atoms. The van der Waals surface area contributed by atoms with Crippen LogP contribution in [0.4, 0.5) is 5.82 Å². The van der Waals surface area contributed by atoms with Crippen molar-refractivity contribution in [2.45, 2.75) is 13.0 Å². The molecular formula is C20H18N2O. The van der Waals surface area contributed by atoms with Crippen LogP contribution in [0.5, 0.6) is 0 Å². The van der Waals surface area contributed by atoms with E-state index in [4.69, 9.17) is 0 Å². The van der Waals surface area contributed by atoms with Gasteiger partial charge in [0.2, 0.25) is 0 Å². The quantitative estimate of drug-likeness (QED) is 0.709. The third-order valence-electron chi connectivity index (χ3n) is 3.66. The predicted molar refractivity (Wildman–Crippen MR) is 92.6 cm³/mol. The van der Waals surface area contributed by atoms with Gasteiger partial charge in [-0.3, -0.25) is 4.79 Å². The Labute approximate surface area is 136 Å². The summed E-state index contributed by atoms with van der Waals surface area (Å²) in [5, 5.41) is 3.27. The summed E-state index contributed by atoms with van der Waals surface area (Å²) in [5.74, 6) is 0.725. The summed E-state index contributed by atoms with van der Waals surface area (Å²) in [7, 11) is 0. The molecule has 3 heteroatoms. The first kappa shape index (κ1) is 15.0. The average molecular weight is 302 g/mol. The molecule has 0 bridgehead atoms. The third kappa shape index (κ3) is 3.64. The van der Waals surface area contributed by atoms with E-state index >= 15 is 0 Å². The van der Waals surface area contributed by atoms with E-state index in [1.54, 1.807) is 6.20 Å². The molecule has 3 rings (SSSR count). The Morgan fingerprint density at radius 2 is 1.61 bits per heavy atom. The fourth-order valence-corrected chi connectivity index (χ4v) is 2.48. The Bertz CT molecular complexity index is 785. The number of ketones is 1. The van der Waals surface area contributed by atoms with Crippen LogP contribution in [0.1, 0.15) is 27.5 Å². The number of pyridine rings is 1. The van der Waals surface area contributed by atoms with Gasteiger partial charge in [-0.15, -0.1) is 0 Å². The zero-order valence-corrected chi connectivity index (χ0v) is 12.9. The number of carbonyl (C=O) groups is 1. The minimum Gasteiger partial charge on any atom is -0.356 e. The number of anilines is 1. The highest BCUT2D eigenvalue weighted by Gasteiger charge is 2.22. The number of nitrogens with zero attached hydrogens (tertiary/aromatic N) is 1. The SMILES string of the molecule is Cc1ccnc(NC(C(=O)c2ccccc2)c2ccccc2)c1. The van der Waals surface area contributed by atoms with E-state index in [1.807, 2.05) is 79.7 Å². The van der Waals surface area contributed by atoms with Crippen molar-refractivity contribution in [2.75, 3.05) is 5.32 Å². The lowest BCUT2D eigenvalue weighted by Gasteiger charge is -2.19. The smallest absolute Gasteiger partial charge is 0.189 e.